The van der Waals surface area contributed by atoms with Crippen LogP contribution in [0.5, 0.6) is 11.5 Å². The molecule has 2 N–H and O–H groups in total. The van der Waals surface area contributed by atoms with E-state index in [9.17, 15) is 18.0 Å². The van der Waals surface area contributed by atoms with E-state index >= 15 is 0 Å². The quantitative estimate of drug-likeness (QED) is 0.585. The number of carbonyl (C=O) groups is 1. The van der Waals surface area contributed by atoms with Gasteiger partial charge in [-0.05, 0) is 49.6 Å². The van der Waals surface area contributed by atoms with Crippen molar-refractivity contribution in [2.24, 2.45) is 10.8 Å². The van der Waals surface area contributed by atoms with E-state index in [1.54, 1.807) is 18.2 Å². The molecule has 0 atom stereocenters. The molecule has 1 fully saturated rings. The van der Waals surface area contributed by atoms with Crippen LogP contribution in [0.1, 0.15) is 30.4 Å². The molecule has 11 heteroatoms. The molecule has 2 aromatic carbocycles. The van der Waals surface area contributed by atoms with E-state index in [4.69, 9.17) is 20.3 Å². The lowest BCUT2D eigenvalue weighted by Crippen LogP contribution is -2.37. The van der Waals surface area contributed by atoms with E-state index in [2.05, 4.69) is 6.58 Å². The highest BCUT2D eigenvalue weighted by Crippen LogP contribution is 2.45. The predicted octanol–water partition coefficient (Wildman–Crippen LogP) is 5.10. The first-order valence-electron chi connectivity index (χ1n) is 12.2. The normalized spacial score (nSPS) is 17.7. The summed E-state index contributed by atoms with van der Waals surface area (Å²) in [6.45, 7) is 5.85. The van der Waals surface area contributed by atoms with Gasteiger partial charge in [-0.1, -0.05) is 6.58 Å². The van der Waals surface area contributed by atoms with E-state index < -0.39 is 17.8 Å². The Bertz CT molecular complexity index is 1340. The van der Waals surface area contributed by atoms with Crippen molar-refractivity contribution in [3.63, 3.8) is 0 Å². The number of rotatable bonds is 5. The fraction of sp³-hybridized carbons (Fsp3) is 0.333. The summed E-state index contributed by atoms with van der Waals surface area (Å²) in [4.78, 5) is 15.7. The molecule has 0 bridgehead atoms. The second kappa shape index (κ2) is 9.62. The average molecular weight is 528 g/mol. The van der Waals surface area contributed by atoms with Crippen molar-refractivity contribution in [3.8, 4) is 11.5 Å². The van der Waals surface area contributed by atoms with E-state index in [1.807, 2.05) is 4.90 Å². The number of amides is 2. The highest BCUT2D eigenvalue weighted by molar-refractivity contribution is 6.16. The molecule has 3 heterocycles. The zero-order chi connectivity index (χ0) is 27.2. The molecular formula is C27H28F3N5O3. The number of methoxy groups -OCH3 is 2. The highest BCUT2D eigenvalue weighted by Gasteiger charge is 2.41. The van der Waals surface area contributed by atoms with Gasteiger partial charge in [0.25, 0.3) is 0 Å². The summed E-state index contributed by atoms with van der Waals surface area (Å²) < 4.78 is 53.7. The van der Waals surface area contributed by atoms with E-state index in [-0.39, 0.29) is 17.9 Å². The lowest BCUT2D eigenvalue weighted by Gasteiger charge is -2.33. The van der Waals surface area contributed by atoms with Crippen LogP contribution in [-0.2, 0) is 6.18 Å². The Morgan fingerprint density at radius 1 is 1.03 bits per heavy atom. The maximum Gasteiger partial charge on any atom is 0.418 e. The molecule has 0 spiro atoms. The third-order valence-corrected chi connectivity index (χ3v) is 7.03. The van der Waals surface area contributed by atoms with Crippen molar-refractivity contribution in [2.45, 2.75) is 25.4 Å². The average Bonchev–Trinajstić information content (AvgIpc) is 3.59. The standard InChI is InChI=1S/C27H28F3N5O3/c1-16-25-21(8-11-34(25)26(31)36)24(17-12-19(37-2)15-20(13-17)38-3)32-35(16)23-14-18(33-9-4-5-10-33)6-7-22(23)27(28,29)30/h6-7,12-15H,1,4-5,8-11H2,2-3H3,(H2,31,36). The number of urea groups is 1. The van der Waals surface area contributed by atoms with Crippen LogP contribution >= 0.6 is 0 Å². The number of carbonyl (C=O) groups excluding carboxylic acids is 1. The van der Waals surface area contributed by atoms with Crippen molar-refractivity contribution in [2.75, 3.05) is 43.8 Å². The number of nitrogens with two attached hydrogens (primary N) is 1. The molecule has 0 aliphatic carbocycles. The van der Waals surface area contributed by atoms with Gasteiger partial charge < -0.3 is 20.1 Å². The van der Waals surface area contributed by atoms with Crippen LogP contribution < -0.4 is 25.1 Å². The number of halogens is 3. The van der Waals surface area contributed by atoms with Gasteiger partial charge in [0.05, 0.1) is 42.6 Å². The smallest absolute Gasteiger partial charge is 0.418 e. The monoisotopic (exact) mass is 527 g/mol. The number of primary amides is 1. The van der Waals surface area contributed by atoms with Crippen molar-refractivity contribution in [1.82, 2.24) is 4.90 Å². The third-order valence-electron chi connectivity index (χ3n) is 7.03. The van der Waals surface area contributed by atoms with Gasteiger partial charge in [0.1, 0.15) is 11.5 Å². The first kappa shape index (κ1) is 25.5. The zero-order valence-electron chi connectivity index (χ0n) is 21.1. The molecular weight excluding hydrogens is 499 g/mol. The van der Waals surface area contributed by atoms with Crippen molar-refractivity contribution < 1.29 is 27.4 Å². The number of benzene rings is 2. The zero-order valence-corrected chi connectivity index (χ0v) is 21.1. The van der Waals surface area contributed by atoms with Gasteiger partial charge in [-0.15, -0.1) is 0 Å². The Morgan fingerprint density at radius 2 is 1.68 bits per heavy atom. The van der Waals surface area contributed by atoms with Crippen LogP contribution in [0.15, 0.2) is 65.0 Å². The molecule has 3 aliphatic heterocycles. The lowest BCUT2D eigenvalue weighted by molar-refractivity contribution is -0.137. The Labute approximate surface area is 218 Å². The first-order valence-corrected chi connectivity index (χ1v) is 12.2. The number of hydrogen-bond donors (Lipinski definition) is 1. The fourth-order valence-electron chi connectivity index (χ4n) is 5.20. The maximum atomic E-state index is 14.3. The summed E-state index contributed by atoms with van der Waals surface area (Å²) in [5.74, 6) is 0.967. The van der Waals surface area contributed by atoms with E-state index in [0.717, 1.165) is 32.0 Å². The Balaban J connectivity index is 1.73. The molecule has 38 heavy (non-hydrogen) atoms. The van der Waals surface area contributed by atoms with Crippen LogP contribution in [0, 0.1) is 0 Å². The van der Waals surface area contributed by atoms with Crippen LogP contribution in [0.2, 0.25) is 0 Å². The van der Waals surface area contributed by atoms with E-state index in [0.29, 0.717) is 46.2 Å². The Hall–Kier alpha value is -4.15. The fourth-order valence-corrected chi connectivity index (χ4v) is 5.20. The molecule has 1 saturated heterocycles. The largest absolute Gasteiger partial charge is 0.497 e. The van der Waals surface area contributed by atoms with Crippen LogP contribution in [0.3, 0.4) is 0 Å². The molecule has 200 valence electrons. The summed E-state index contributed by atoms with van der Waals surface area (Å²) in [6.07, 6.45) is -2.31. The van der Waals surface area contributed by atoms with Gasteiger partial charge in [0.2, 0.25) is 0 Å². The van der Waals surface area contributed by atoms with Gasteiger partial charge in [-0.2, -0.15) is 18.3 Å². The summed E-state index contributed by atoms with van der Waals surface area (Å²) in [5.41, 5.74) is 7.37. The third kappa shape index (κ3) is 4.42. The maximum absolute atomic E-state index is 14.3. The second-order valence-corrected chi connectivity index (χ2v) is 9.27. The van der Waals surface area contributed by atoms with Gasteiger partial charge in [-0.25, -0.2) is 9.80 Å². The van der Waals surface area contributed by atoms with Gasteiger partial charge in [-0.3, -0.25) is 4.90 Å². The minimum absolute atomic E-state index is 0.138. The molecule has 2 aromatic rings. The van der Waals surface area contributed by atoms with Crippen molar-refractivity contribution in [3.05, 3.63) is 71.1 Å². The molecule has 3 aliphatic rings. The van der Waals surface area contributed by atoms with Gasteiger partial charge >= 0.3 is 12.2 Å². The SMILES string of the molecule is C=C1C2=C(CCN2C(N)=O)C(c2cc(OC)cc(OC)c2)=NN1c1cc(N2CCCC2)ccc1C(F)(F)F. The predicted molar refractivity (Wildman–Crippen MR) is 139 cm³/mol. The number of alkyl halides is 3. The Morgan fingerprint density at radius 3 is 2.26 bits per heavy atom. The number of hydrazone groups is 1. The Kier molecular flexibility index (Phi) is 6.46. The number of anilines is 2. The molecule has 0 saturated carbocycles. The van der Waals surface area contributed by atoms with Crippen molar-refractivity contribution in [1.29, 1.82) is 0 Å². The van der Waals surface area contributed by atoms with Crippen LogP contribution in [0.25, 0.3) is 0 Å². The molecule has 0 radical (unpaired) electrons. The van der Waals surface area contributed by atoms with Crippen LogP contribution in [0.4, 0.5) is 29.3 Å². The van der Waals surface area contributed by atoms with Crippen LogP contribution in [-0.4, -0.2) is 50.5 Å². The molecule has 0 aromatic heterocycles. The summed E-state index contributed by atoms with van der Waals surface area (Å²) in [7, 11) is 3.01. The number of nitrogens with zero attached hydrogens (tertiary/aromatic N) is 4. The molecule has 5 rings (SSSR count). The first-order chi connectivity index (χ1) is 18.1. The van der Waals surface area contributed by atoms with Gasteiger partial charge in [0.15, 0.2) is 0 Å². The highest BCUT2D eigenvalue weighted by atomic mass is 19.4. The number of ether oxygens (including phenoxy) is 2. The summed E-state index contributed by atoms with van der Waals surface area (Å²) in [6, 6.07) is 8.45. The summed E-state index contributed by atoms with van der Waals surface area (Å²) in [5, 5.41) is 5.89. The lowest BCUT2D eigenvalue weighted by atomic mass is 9.97. The van der Waals surface area contributed by atoms with Gasteiger partial charge in [0, 0.05) is 42.5 Å². The molecule has 2 amide bonds. The minimum atomic E-state index is -4.65. The summed E-state index contributed by atoms with van der Waals surface area (Å²) >= 11 is 0. The number of hydrogen-bond acceptors (Lipinski definition) is 6. The molecule has 0 unspecified atom stereocenters. The topological polar surface area (TPSA) is 83.6 Å². The molecule has 8 nitrogen and oxygen atoms in total. The minimum Gasteiger partial charge on any atom is -0.497 e. The second-order valence-electron chi connectivity index (χ2n) is 9.27. The van der Waals surface area contributed by atoms with Crippen molar-refractivity contribution >= 4 is 23.1 Å². The van der Waals surface area contributed by atoms with E-state index in [1.165, 1.54) is 36.3 Å².